The predicted molar refractivity (Wildman–Crippen MR) is 93.7 cm³/mol. The van der Waals surface area contributed by atoms with Crippen molar-refractivity contribution in [2.24, 2.45) is 40.4 Å². The van der Waals surface area contributed by atoms with Crippen molar-refractivity contribution in [2.75, 3.05) is 6.61 Å². The maximum Gasteiger partial charge on any atom is 0.161 e. The zero-order valence-corrected chi connectivity index (χ0v) is 15.5. The third-order valence-electron chi connectivity index (χ3n) is 8.95. The molecule has 4 rings (SSSR count). The molecule has 0 aromatic carbocycles. The van der Waals surface area contributed by atoms with Crippen molar-refractivity contribution >= 4 is 11.6 Å². The zero-order valence-electron chi connectivity index (χ0n) is 15.5. The van der Waals surface area contributed by atoms with E-state index in [0.717, 1.165) is 32.1 Å². The Morgan fingerprint density at radius 1 is 1.16 bits per heavy atom. The van der Waals surface area contributed by atoms with Crippen LogP contribution >= 0.6 is 0 Å². The van der Waals surface area contributed by atoms with Crippen molar-refractivity contribution in [3.63, 3.8) is 0 Å². The number of aliphatic hydroxyl groups is 2. The van der Waals surface area contributed by atoms with Crippen LogP contribution in [0, 0.1) is 40.4 Å². The van der Waals surface area contributed by atoms with Gasteiger partial charge in [0.15, 0.2) is 5.78 Å². The maximum absolute atomic E-state index is 12.3. The van der Waals surface area contributed by atoms with E-state index >= 15 is 0 Å². The lowest BCUT2D eigenvalue weighted by atomic mass is 9.44. The molecule has 0 aromatic heterocycles. The summed E-state index contributed by atoms with van der Waals surface area (Å²) in [5.41, 5.74) is -0.106. The van der Waals surface area contributed by atoms with Crippen LogP contribution in [0.4, 0.5) is 0 Å². The van der Waals surface area contributed by atoms with Crippen LogP contribution in [0.25, 0.3) is 0 Å². The number of rotatable bonds is 2. The minimum Gasteiger partial charge on any atom is -0.393 e. The molecule has 4 saturated carbocycles. The molecule has 4 aliphatic rings. The van der Waals surface area contributed by atoms with Gasteiger partial charge < -0.3 is 10.2 Å². The summed E-state index contributed by atoms with van der Waals surface area (Å²) in [5.74, 6) is 1.86. The molecule has 0 saturated heterocycles. The van der Waals surface area contributed by atoms with Crippen LogP contribution in [0.15, 0.2) is 0 Å². The monoisotopic (exact) mass is 348 g/mol. The lowest BCUT2D eigenvalue weighted by Gasteiger charge is -2.61. The fraction of sp³-hybridized carbons (Fsp3) is 0.905. The van der Waals surface area contributed by atoms with Gasteiger partial charge in [-0.05, 0) is 73.0 Å². The van der Waals surface area contributed by atoms with E-state index in [2.05, 4.69) is 13.8 Å². The van der Waals surface area contributed by atoms with Crippen LogP contribution in [0.5, 0.6) is 0 Å². The first kappa shape index (κ1) is 17.7. The number of aliphatic hydroxyl groups excluding tert-OH is 2. The summed E-state index contributed by atoms with van der Waals surface area (Å²) < 4.78 is 0. The van der Waals surface area contributed by atoms with Gasteiger partial charge in [-0.2, -0.15) is 0 Å². The average molecular weight is 348 g/mol. The van der Waals surface area contributed by atoms with E-state index in [9.17, 15) is 19.8 Å². The number of hydrogen-bond acceptors (Lipinski definition) is 4. The number of fused-ring (bicyclic) bond motifs is 5. The van der Waals surface area contributed by atoms with Crippen LogP contribution in [0.3, 0.4) is 0 Å². The number of carbonyl (C=O) groups is 2. The van der Waals surface area contributed by atoms with Gasteiger partial charge in [0.2, 0.25) is 0 Å². The Balaban J connectivity index is 1.66. The van der Waals surface area contributed by atoms with Crippen molar-refractivity contribution in [1.29, 1.82) is 0 Å². The quantitative estimate of drug-likeness (QED) is 0.805. The van der Waals surface area contributed by atoms with E-state index in [-0.39, 0.29) is 41.2 Å². The van der Waals surface area contributed by atoms with E-state index in [1.807, 2.05) is 0 Å². The normalized spacial score (nSPS) is 52.2. The molecular weight excluding hydrogens is 316 g/mol. The van der Waals surface area contributed by atoms with Gasteiger partial charge in [0.05, 0.1) is 6.10 Å². The third kappa shape index (κ3) is 2.39. The molecule has 4 heteroatoms. The summed E-state index contributed by atoms with van der Waals surface area (Å²) in [6.07, 6.45) is 6.62. The molecule has 0 radical (unpaired) electrons. The summed E-state index contributed by atoms with van der Waals surface area (Å²) >= 11 is 0. The van der Waals surface area contributed by atoms with Crippen LogP contribution in [0.1, 0.15) is 65.2 Å². The first-order valence-electron chi connectivity index (χ1n) is 10.1. The van der Waals surface area contributed by atoms with E-state index in [4.69, 9.17) is 0 Å². The number of Topliss-reactive ketones (excluding diaryl/α,β-unsaturated/α-hetero) is 2. The Morgan fingerprint density at radius 2 is 1.92 bits per heavy atom. The molecule has 0 aliphatic heterocycles. The molecule has 4 aliphatic carbocycles. The third-order valence-corrected chi connectivity index (χ3v) is 8.95. The van der Waals surface area contributed by atoms with Crippen LogP contribution in [-0.2, 0) is 9.59 Å². The van der Waals surface area contributed by atoms with Gasteiger partial charge in [-0.3, -0.25) is 9.59 Å². The Bertz CT molecular complexity index is 586. The molecule has 4 nitrogen and oxygen atoms in total. The second-order valence-corrected chi connectivity index (χ2v) is 9.85. The van der Waals surface area contributed by atoms with Crippen molar-refractivity contribution < 1.29 is 19.8 Å². The minimum absolute atomic E-state index is 0.0428. The van der Waals surface area contributed by atoms with Gasteiger partial charge in [-0.1, -0.05) is 13.8 Å². The molecule has 4 fully saturated rings. The van der Waals surface area contributed by atoms with Gasteiger partial charge in [-0.25, -0.2) is 0 Å². The van der Waals surface area contributed by atoms with Gasteiger partial charge in [0, 0.05) is 18.8 Å². The van der Waals surface area contributed by atoms with E-state index in [1.165, 1.54) is 0 Å². The van der Waals surface area contributed by atoms with E-state index in [1.54, 1.807) is 0 Å². The second kappa shape index (κ2) is 5.88. The van der Waals surface area contributed by atoms with Gasteiger partial charge in [-0.15, -0.1) is 0 Å². The highest BCUT2D eigenvalue weighted by atomic mass is 16.3. The lowest BCUT2D eigenvalue weighted by Crippen LogP contribution is -2.59. The second-order valence-electron chi connectivity index (χ2n) is 9.85. The largest absolute Gasteiger partial charge is 0.393 e. The van der Waals surface area contributed by atoms with Crippen molar-refractivity contribution in [1.82, 2.24) is 0 Å². The van der Waals surface area contributed by atoms with Crippen LogP contribution in [0.2, 0.25) is 0 Å². The smallest absolute Gasteiger partial charge is 0.161 e. The molecule has 0 spiro atoms. The Kier molecular flexibility index (Phi) is 4.16. The minimum atomic E-state index is -0.389. The molecule has 2 N–H and O–H groups in total. The van der Waals surface area contributed by atoms with E-state index < -0.39 is 0 Å². The van der Waals surface area contributed by atoms with Crippen molar-refractivity contribution in [2.45, 2.75) is 71.3 Å². The van der Waals surface area contributed by atoms with Gasteiger partial charge in [0.1, 0.15) is 12.4 Å². The standard InChI is InChI=1S/C21H32O4/c1-20-8-7-13(23)9-12(20)3-4-14-15-5-6-16(18(25)11-22)21(15,2)10-17(24)19(14)20/h12,14-17,19,22,24H,3-11H2,1-2H3/t12-,14+,15+,16-,17+,19-,20+,21+/m1/s1. The Morgan fingerprint density at radius 3 is 2.64 bits per heavy atom. The molecule has 140 valence electrons. The summed E-state index contributed by atoms with van der Waals surface area (Å²) in [4.78, 5) is 24.3. The molecule has 0 aromatic rings. The number of carbonyl (C=O) groups excluding carboxylic acids is 2. The Hall–Kier alpha value is -0.740. The highest BCUT2D eigenvalue weighted by molar-refractivity contribution is 5.83. The SMILES string of the molecule is C[C@]12CCC(=O)C[C@H]1CC[C@@H]1[C@@H]2[C@@H](O)C[C@]2(C)[C@@H](C(=O)CO)CC[C@@H]12. The zero-order chi connectivity index (χ0) is 18.0. The predicted octanol–water partition coefficient (Wildman–Crippen LogP) is 2.75. The van der Waals surface area contributed by atoms with Crippen LogP contribution < -0.4 is 0 Å². The lowest BCUT2D eigenvalue weighted by molar-refractivity contribution is -0.174. The summed E-state index contributed by atoms with van der Waals surface area (Å²) in [6, 6.07) is 0. The molecular formula is C21H32O4. The number of ketones is 2. The summed E-state index contributed by atoms with van der Waals surface area (Å²) in [5, 5.41) is 20.6. The Labute approximate surface area is 150 Å². The highest BCUT2D eigenvalue weighted by Crippen LogP contribution is 2.67. The fourth-order valence-electron chi connectivity index (χ4n) is 7.81. The van der Waals surface area contributed by atoms with Crippen LogP contribution in [-0.4, -0.2) is 34.5 Å². The summed E-state index contributed by atoms with van der Waals surface area (Å²) in [6.45, 7) is 4.12. The van der Waals surface area contributed by atoms with Crippen molar-refractivity contribution in [3.05, 3.63) is 0 Å². The average Bonchev–Trinajstić information content (AvgIpc) is 2.91. The fourth-order valence-corrected chi connectivity index (χ4v) is 7.81. The number of hydrogen-bond donors (Lipinski definition) is 2. The first-order valence-corrected chi connectivity index (χ1v) is 10.1. The van der Waals surface area contributed by atoms with Gasteiger partial charge in [0.25, 0.3) is 0 Å². The molecule has 25 heavy (non-hydrogen) atoms. The van der Waals surface area contributed by atoms with Crippen molar-refractivity contribution in [3.8, 4) is 0 Å². The summed E-state index contributed by atoms with van der Waals surface area (Å²) in [7, 11) is 0. The topological polar surface area (TPSA) is 74.6 Å². The first-order chi connectivity index (χ1) is 11.8. The molecule has 0 bridgehead atoms. The van der Waals surface area contributed by atoms with Gasteiger partial charge >= 0.3 is 0 Å². The van der Waals surface area contributed by atoms with E-state index in [0.29, 0.717) is 42.8 Å². The molecule has 0 amide bonds. The molecule has 0 unspecified atom stereocenters. The molecule has 0 heterocycles. The molecule has 8 atom stereocenters. The highest BCUT2D eigenvalue weighted by Gasteiger charge is 2.63. The maximum atomic E-state index is 12.3.